The Hall–Kier alpha value is -0.840. The zero-order valence-electron chi connectivity index (χ0n) is 11.1. The van der Waals surface area contributed by atoms with E-state index < -0.39 is 0 Å². The lowest BCUT2D eigenvalue weighted by Crippen LogP contribution is -2.35. The lowest BCUT2D eigenvalue weighted by atomic mass is 10.2. The van der Waals surface area contributed by atoms with Crippen molar-refractivity contribution in [1.29, 1.82) is 0 Å². The molecule has 1 aliphatic heterocycles. The van der Waals surface area contributed by atoms with Gasteiger partial charge in [-0.05, 0) is 31.4 Å². The molecule has 2 fully saturated rings. The number of hydrogen-bond donors (Lipinski definition) is 1. The van der Waals surface area contributed by atoms with Crippen LogP contribution in [0.15, 0.2) is 10.5 Å². The number of furan rings is 1. The minimum absolute atomic E-state index is 0.734. The van der Waals surface area contributed by atoms with E-state index in [-0.39, 0.29) is 0 Å². The van der Waals surface area contributed by atoms with Crippen LogP contribution in [-0.4, -0.2) is 37.2 Å². The number of ether oxygens (including phenoxy) is 1. The van der Waals surface area contributed by atoms with Gasteiger partial charge in [-0.1, -0.05) is 0 Å². The average molecular weight is 250 g/mol. The maximum absolute atomic E-state index is 5.95. The van der Waals surface area contributed by atoms with Gasteiger partial charge in [-0.3, -0.25) is 4.90 Å². The summed E-state index contributed by atoms with van der Waals surface area (Å²) in [5, 5.41) is 3.50. The molecule has 100 valence electrons. The van der Waals surface area contributed by atoms with Gasteiger partial charge in [0.2, 0.25) is 0 Å². The van der Waals surface area contributed by atoms with E-state index in [1.165, 1.54) is 18.4 Å². The SMILES string of the molecule is Cc1cc(CN2CCOCC2)oc1CNC1CC1. The highest BCUT2D eigenvalue weighted by molar-refractivity contribution is 5.20. The molecule has 0 atom stereocenters. The molecule has 0 radical (unpaired) electrons. The molecule has 0 unspecified atom stereocenters. The molecule has 4 heteroatoms. The topological polar surface area (TPSA) is 37.6 Å². The van der Waals surface area contributed by atoms with Gasteiger partial charge < -0.3 is 14.5 Å². The first-order valence-electron chi connectivity index (χ1n) is 6.93. The minimum atomic E-state index is 0.734. The van der Waals surface area contributed by atoms with Gasteiger partial charge in [0.1, 0.15) is 11.5 Å². The van der Waals surface area contributed by atoms with Crippen molar-refractivity contribution in [2.24, 2.45) is 0 Å². The van der Waals surface area contributed by atoms with Crippen LogP contribution in [0.1, 0.15) is 29.9 Å². The normalized spacial score (nSPS) is 21.4. The van der Waals surface area contributed by atoms with Crippen LogP contribution in [-0.2, 0) is 17.8 Å². The molecule has 0 bridgehead atoms. The molecule has 3 rings (SSSR count). The smallest absolute Gasteiger partial charge is 0.120 e. The predicted molar refractivity (Wildman–Crippen MR) is 69.4 cm³/mol. The van der Waals surface area contributed by atoms with Crippen molar-refractivity contribution < 1.29 is 9.15 Å². The maximum atomic E-state index is 5.95. The summed E-state index contributed by atoms with van der Waals surface area (Å²) in [7, 11) is 0. The molecule has 18 heavy (non-hydrogen) atoms. The van der Waals surface area contributed by atoms with Gasteiger partial charge in [0, 0.05) is 19.1 Å². The fourth-order valence-electron chi connectivity index (χ4n) is 2.35. The molecule has 1 saturated heterocycles. The molecule has 1 aromatic heterocycles. The second-order valence-electron chi connectivity index (χ2n) is 5.36. The highest BCUT2D eigenvalue weighted by Gasteiger charge is 2.21. The minimum Gasteiger partial charge on any atom is -0.463 e. The van der Waals surface area contributed by atoms with E-state index in [1.54, 1.807) is 0 Å². The Morgan fingerprint density at radius 3 is 2.83 bits per heavy atom. The van der Waals surface area contributed by atoms with Crippen LogP contribution in [0.25, 0.3) is 0 Å². The van der Waals surface area contributed by atoms with Crippen LogP contribution in [0.3, 0.4) is 0 Å². The third-order valence-corrected chi connectivity index (χ3v) is 3.68. The highest BCUT2D eigenvalue weighted by Crippen LogP contribution is 2.21. The Labute approximate surface area is 108 Å². The molecule has 2 heterocycles. The molecular formula is C14H22N2O2. The molecule has 0 amide bonds. The van der Waals surface area contributed by atoms with Gasteiger partial charge in [0.15, 0.2) is 0 Å². The van der Waals surface area contributed by atoms with Crippen LogP contribution in [0.2, 0.25) is 0 Å². The third kappa shape index (κ3) is 3.13. The number of nitrogens with one attached hydrogen (secondary N) is 1. The Balaban J connectivity index is 1.56. The van der Waals surface area contributed by atoms with Crippen LogP contribution in [0.4, 0.5) is 0 Å². The largest absolute Gasteiger partial charge is 0.463 e. The maximum Gasteiger partial charge on any atom is 0.120 e. The molecule has 0 spiro atoms. The summed E-state index contributed by atoms with van der Waals surface area (Å²) < 4.78 is 11.3. The fraction of sp³-hybridized carbons (Fsp3) is 0.714. The summed E-state index contributed by atoms with van der Waals surface area (Å²) in [4.78, 5) is 2.39. The molecule has 4 nitrogen and oxygen atoms in total. The number of rotatable bonds is 5. The quantitative estimate of drug-likeness (QED) is 0.862. The predicted octanol–water partition coefficient (Wildman–Crippen LogP) is 1.67. The second-order valence-corrected chi connectivity index (χ2v) is 5.36. The van der Waals surface area contributed by atoms with Crippen molar-refractivity contribution in [3.05, 3.63) is 23.2 Å². The van der Waals surface area contributed by atoms with Crippen LogP contribution >= 0.6 is 0 Å². The summed E-state index contributed by atoms with van der Waals surface area (Å²) in [5.41, 5.74) is 1.27. The average Bonchev–Trinajstić information content (AvgIpc) is 3.14. The van der Waals surface area contributed by atoms with Crippen molar-refractivity contribution in [2.45, 2.75) is 38.9 Å². The summed E-state index contributed by atoms with van der Waals surface area (Å²) in [6.45, 7) is 7.62. The first-order valence-corrected chi connectivity index (χ1v) is 6.93. The zero-order chi connectivity index (χ0) is 12.4. The van der Waals surface area contributed by atoms with Crippen molar-refractivity contribution in [3.63, 3.8) is 0 Å². The first-order chi connectivity index (χ1) is 8.81. The standard InChI is InChI=1S/C14H22N2O2/c1-11-8-13(10-16-4-6-17-7-5-16)18-14(11)9-15-12-2-3-12/h8,12,15H,2-7,9-10H2,1H3. The van der Waals surface area contributed by atoms with Gasteiger partial charge in [0.05, 0.1) is 26.3 Å². The molecule has 1 saturated carbocycles. The Kier molecular flexibility index (Phi) is 3.68. The van der Waals surface area contributed by atoms with E-state index in [2.05, 4.69) is 23.2 Å². The highest BCUT2D eigenvalue weighted by atomic mass is 16.5. The van der Waals surface area contributed by atoms with Gasteiger partial charge in [0.25, 0.3) is 0 Å². The van der Waals surface area contributed by atoms with Gasteiger partial charge in [-0.25, -0.2) is 0 Å². The lowest BCUT2D eigenvalue weighted by Gasteiger charge is -2.25. The molecule has 2 aliphatic rings. The van der Waals surface area contributed by atoms with E-state index in [1.807, 2.05) is 0 Å². The Morgan fingerprint density at radius 1 is 1.33 bits per heavy atom. The number of hydrogen-bond acceptors (Lipinski definition) is 4. The molecule has 1 aromatic rings. The van der Waals surface area contributed by atoms with Crippen molar-refractivity contribution >= 4 is 0 Å². The van der Waals surface area contributed by atoms with E-state index in [9.17, 15) is 0 Å². The summed E-state index contributed by atoms with van der Waals surface area (Å²) in [6.07, 6.45) is 2.64. The van der Waals surface area contributed by atoms with Gasteiger partial charge in [-0.15, -0.1) is 0 Å². The molecule has 1 aliphatic carbocycles. The van der Waals surface area contributed by atoms with Crippen molar-refractivity contribution in [1.82, 2.24) is 10.2 Å². The van der Waals surface area contributed by atoms with Crippen LogP contribution in [0.5, 0.6) is 0 Å². The molecule has 1 N–H and O–H groups in total. The number of aryl methyl sites for hydroxylation is 1. The van der Waals surface area contributed by atoms with E-state index in [0.29, 0.717) is 0 Å². The number of nitrogens with zero attached hydrogens (tertiary/aromatic N) is 1. The third-order valence-electron chi connectivity index (χ3n) is 3.68. The Bertz CT molecular complexity index is 392. The van der Waals surface area contributed by atoms with Crippen molar-refractivity contribution in [3.8, 4) is 0 Å². The zero-order valence-corrected chi connectivity index (χ0v) is 11.1. The first kappa shape index (κ1) is 12.2. The fourth-order valence-corrected chi connectivity index (χ4v) is 2.35. The van der Waals surface area contributed by atoms with Crippen LogP contribution < -0.4 is 5.32 Å². The second kappa shape index (κ2) is 5.43. The Morgan fingerprint density at radius 2 is 2.11 bits per heavy atom. The summed E-state index contributed by atoms with van der Waals surface area (Å²) in [6, 6.07) is 2.91. The molecule has 0 aromatic carbocycles. The summed E-state index contributed by atoms with van der Waals surface area (Å²) in [5.74, 6) is 2.19. The summed E-state index contributed by atoms with van der Waals surface area (Å²) >= 11 is 0. The lowest BCUT2D eigenvalue weighted by molar-refractivity contribution is 0.0312. The van der Waals surface area contributed by atoms with E-state index in [4.69, 9.17) is 9.15 Å². The van der Waals surface area contributed by atoms with E-state index >= 15 is 0 Å². The monoisotopic (exact) mass is 250 g/mol. The van der Waals surface area contributed by atoms with Crippen molar-refractivity contribution in [2.75, 3.05) is 26.3 Å². The van der Waals surface area contributed by atoms with E-state index in [0.717, 1.165) is 57.0 Å². The van der Waals surface area contributed by atoms with Gasteiger partial charge >= 0.3 is 0 Å². The van der Waals surface area contributed by atoms with Crippen LogP contribution in [0, 0.1) is 6.92 Å². The number of morpholine rings is 1. The molecular weight excluding hydrogens is 228 g/mol. The van der Waals surface area contributed by atoms with Gasteiger partial charge in [-0.2, -0.15) is 0 Å².